The Hall–Kier alpha value is 0.879. The van der Waals surface area contributed by atoms with Crippen molar-refractivity contribution < 1.29 is 0 Å². The molecule has 0 spiro atoms. The van der Waals surface area contributed by atoms with Crippen molar-refractivity contribution >= 4 is 62.0 Å². The summed E-state index contributed by atoms with van der Waals surface area (Å²) in [5.41, 5.74) is 1.41. The van der Waals surface area contributed by atoms with Crippen molar-refractivity contribution in [2.24, 2.45) is 0 Å². The molecule has 0 saturated carbocycles. The average Bonchev–Trinajstić information content (AvgIpc) is 2.74. The van der Waals surface area contributed by atoms with Gasteiger partial charge in [0.15, 0.2) is 0 Å². The van der Waals surface area contributed by atoms with Gasteiger partial charge in [0.1, 0.15) is 0 Å². The van der Waals surface area contributed by atoms with E-state index in [-0.39, 0.29) is 0 Å². The first-order valence-electron chi connectivity index (χ1n) is 4.52. The van der Waals surface area contributed by atoms with Gasteiger partial charge in [0, 0.05) is 0 Å². The number of hydrogen-bond acceptors (Lipinski definition) is 4. The molecule has 0 nitrogen and oxygen atoms in total. The summed E-state index contributed by atoms with van der Waals surface area (Å²) in [6.45, 7) is 0. The van der Waals surface area contributed by atoms with E-state index in [1.807, 2.05) is 47.0 Å². The molecule has 0 unspecified atom stereocenters. The van der Waals surface area contributed by atoms with Gasteiger partial charge in [-0.1, -0.05) is 0 Å². The molecule has 0 aromatic heterocycles. The van der Waals surface area contributed by atoms with E-state index in [9.17, 15) is 0 Å². The summed E-state index contributed by atoms with van der Waals surface area (Å²) in [6.07, 6.45) is 4.56. The Morgan fingerprint density at radius 3 is 2.07 bits per heavy atom. The standard InChI is InChI=1S/C10H8S4Se/c1-5-15-6-2-7(1)8-13-9-10(14-8)12-4-3-11-9/h1-2,5-6H,3-4H2. The van der Waals surface area contributed by atoms with Crippen LogP contribution >= 0.6 is 47.0 Å². The van der Waals surface area contributed by atoms with Gasteiger partial charge in [0.25, 0.3) is 0 Å². The number of allylic oxidation sites excluding steroid dienone is 3. The fourth-order valence-corrected chi connectivity index (χ4v) is 8.38. The molecule has 15 heavy (non-hydrogen) atoms. The zero-order valence-electron chi connectivity index (χ0n) is 7.76. The predicted octanol–water partition coefficient (Wildman–Crippen LogP) is 4.03. The first kappa shape index (κ1) is 11.0. The molecular weight excluding hydrogens is 327 g/mol. The summed E-state index contributed by atoms with van der Waals surface area (Å²) in [6, 6.07) is 0. The van der Waals surface area contributed by atoms with E-state index in [4.69, 9.17) is 0 Å². The molecule has 0 saturated heterocycles. The zero-order valence-corrected chi connectivity index (χ0v) is 12.7. The molecule has 0 atom stereocenters. The molecule has 0 bridgehead atoms. The first-order chi connectivity index (χ1) is 7.43. The maximum absolute atomic E-state index is 2.30. The molecule has 0 N–H and O–H groups in total. The molecule has 0 amide bonds. The van der Waals surface area contributed by atoms with Gasteiger partial charge < -0.3 is 0 Å². The second-order valence-electron chi connectivity index (χ2n) is 2.96. The van der Waals surface area contributed by atoms with Gasteiger partial charge in [-0.25, -0.2) is 0 Å². The van der Waals surface area contributed by atoms with Gasteiger partial charge in [-0.3, -0.25) is 0 Å². The fourth-order valence-electron chi connectivity index (χ4n) is 1.30. The minimum atomic E-state index is 0.592. The Morgan fingerprint density at radius 2 is 1.47 bits per heavy atom. The summed E-state index contributed by atoms with van der Waals surface area (Å²) in [7, 11) is 0. The molecule has 3 heterocycles. The van der Waals surface area contributed by atoms with Crippen LogP contribution in [0.2, 0.25) is 0 Å². The normalized spacial score (nSPS) is 25.1. The molecule has 3 aliphatic rings. The molecule has 0 aliphatic carbocycles. The molecule has 0 radical (unpaired) electrons. The number of rotatable bonds is 0. The molecular formula is C10H8S4Se. The summed E-state index contributed by atoms with van der Waals surface area (Å²) < 4.78 is 4.55. The third kappa shape index (κ3) is 2.43. The summed E-state index contributed by atoms with van der Waals surface area (Å²) >= 11 is 8.58. The Labute approximate surface area is 113 Å². The monoisotopic (exact) mass is 336 g/mol. The minimum absolute atomic E-state index is 0.592. The van der Waals surface area contributed by atoms with Gasteiger partial charge in [-0.15, -0.1) is 0 Å². The van der Waals surface area contributed by atoms with Crippen LogP contribution in [-0.4, -0.2) is 26.5 Å². The van der Waals surface area contributed by atoms with Gasteiger partial charge in [-0.2, -0.15) is 0 Å². The van der Waals surface area contributed by atoms with E-state index in [1.165, 1.54) is 29.8 Å². The Kier molecular flexibility index (Phi) is 3.69. The second kappa shape index (κ2) is 5.03. The van der Waals surface area contributed by atoms with E-state index < -0.39 is 0 Å². The Bertz CT molecular complexity index is 372. The second-order valence-corrected chi connectivity index (χ2v) is 9.70. The molecule has 0 aromatic rings. The van der Waals surface area contributed by atoms with Crippen molar-refractivity contribution in [1.82, 2.24) is 0 Å². The van der Waals surface area contributed by atoms with Crippen molar-refractivity contribution in [3.63, 3.8) is 0 Å². The van der Waals surface area contributed by atoms with Crippen LogP contribution < -0.4 is 0 Å². The van der Waals surface area contributed by atoms with Gasteiger partial charge in [0.05, 0.1) is 0 Å². The average molecular weight is 335 g/mol. The number of hydrogen-bond donors (Lipinski definition) is 0. The van der Waals surface area contributed by atoms with E-state index in [0.29, 0.717) is 15.0 Å². The van der Waals surface area contributed by atoms with Gasteiger partial charge >= 0.3 is 114 Å². The van der Waals surface area contributed by atoms with Crippen molar-refractivity contribution in [1.29, 1.82) is 0 Å². The molecule has 78 valence electrons. The zero-order chi connectivity index (χ0) is 10.1. The van der Waals surface area contributed by atoms with Crippen LogP contribution in [0.1, 0.15) is 0 Å². The SMILES string of the molecule is C1=CC(=C2SC3=C(SCCS3)S2)C=C[Se]1. The van der Waals surface area contributed by atoms with E-state index in [0.717, 1.165) is 0 Å². The maximum atomic E-state index is 2.30. The molecule has 0 aromatic carbocycles. The third-order valence-corrected chi connectivity index (χ3v) is 9.06. The fraction of sp³-hybridized carbons (Fsp3) is 0.200. The van der Waals surface area contributed by atoms with E-state index >= 15 is 0 Å². The van der Waals surface area contributed by atoms with Crippen LogP contribution in [0.25, 0.3) is 0 Å². The third-order valence-electron chi connectivity index (χ3n) is 1.98. The predicted molar refractivity (Wildman–Crippen MR) is 78.2 cm³/mol. The van der Waals surface area contributed by atoms with Gasteiger partial charge in [-0.05, 0) is 0 Å². The topological polar surface area (TPSA) is 0 Å². The quantitative estimate of drug-likeness (QED) is 0.613. The van der Waals surface area contributed by atoms with Crippen molar-refractivity contribution in [2.75, 3.05) is 11.5 Å². The van der Waals surface area contributed by atoms with Crippen LogP contribution in [0.3, 0.4) is 0 Å². The molecule has 5 heteroatoms. The van der Waals surface area contributed by atoms with Crippen molar-refractivity contribution in [3.8, 4) is 0 Å². The Balaban J connectivity index is 1.85. The summed E-state index contributed by atoms with van der Waals surface area (Å²) in [5.74, 6) is 2.54. The van der Waals surface area contributed by atoms with Crippen LogP contribution in [0, 0.1) is 0 Å². The molecule has 0 fully saturated rings. The molecule has 3 rings (SSSR count). The Morgan fingerprint density at radius 1 is 0.867 bits per heavy atom. The first-order valence-corrected chi connectivity index (χ1v) is 10.1. The van der Waals surface area contributed by atoms with E-state index in [1.54, 1.807) is 0 Å². The van der Waals surface area contributed by atoms with Crippen molar-refractivity contribution in [2.45, 2.75) is 0 Å². The van der Waals surface area contributed by atoms with Gasteiger partial charge in [0.2, 0.25) is 0 Å². The van der Waals surface area contributed by atoms with Crippen LogP contribution in [-0.2, 0) is 0 Å². The summed E-state index contributed by atoms with van der Waals surface area (Å²) in [5, 5.41) is 0. The number of thioether (sulfide) groups is 4. The van der Waals surface area contributed by atoms with Crippen LogP contribution in [0.15, 0.2) is 40.4 Å². The molecule has 3 aliphatic heterocycles. The van der Waals surface area contributed by atoms with Crippen LogP contribution in [0.5, 0.6) is 0 Å². The van der Waals surface area contributed by atoms with Crippen molar-refractivity contribution in [3.05, 3.63) is 40.4 Å². The summed E-state index contributed by atoms with van der Waals surface area (Å²) in [4.78, 5) is 4.60. The van der Waals surface area contributed by atoms with E-state index in [2.05, 4.69) is 22.1 Å². The van der Waals surface area contributed by atoms with Crippen LogP contribution in [0.4, 0.5) is 0 Å².